The highest BCUT2D eigenvalue weighted by Gasteiger charge is 2.31. The highest BCUT2D eigenvalue weighted by molar-refractivity contribution is 7.89. The molecule has 0 spiro atoms. The Hall–Kier alpha value is -0.400. The van der Waals surface area contributed by atoms with Crippen molar-refractivity contribution in [1.29, 1.82) is 0 Å². The highest BCUT2D eigenvalue weighted by Crippen LogP contribution is 2.33. The van der Waals surface area contributed by atoms with Crippen LogP contribution in [0.4, 0.5) is 4.39 Å². The fourth-order valence-corrected chi connectivity index (χ4v) is 4.71. The average molecular weight is 355 g/mol. The number of hydrogen-bond donors (Lipinski definition) is 1. The number of hydrogen-bond acceptors (Lipinski definition) is 3. The molecule has 1 fully saturated rings. The largest absolute Gasteiger partial charge is 0.330 e. The summed E-state index contributed by atoms with van der Waals surface area (Å²) in [5.41, 5.74) is 5.52. The van der Waals surface area contributed by atoms with Crippen LogP contribution in [0.15, 0.2) is 17.0 Å². The fourth-order valence-electron chi connectivity index (χ4n) is 2.52. The highest BCUT2D eigenvalue weighted by atomic mass is 35.5. The van der Waals surface area contributed by atoms with Gasteiger partial charge in [0, 0.05) is 13.1 Å². The van der Waals surface area contributed by atoms with Crippen molar-refractivity contribution >= 4 is 33.2 Å². The van der Waals surface area contributed by atoms with Crippen LogP contribution in [0.2, 0.25) is 10.0 Å². The van der Waals surface area contributed by atoms with Gasteiger partial charge in [0.15, 0.2) is 5.82 Å². The summed E-state index contributed by atoms with van der Waals surface area (Å²) in [6.07, 6.45) is 2.40. The molecule has 21 heavy (non-hydrogen) atoms. The molecule has 2 N–H and O–H groups in total. The molecular weight excluding hydrogens is 338 g/mol. The van der Waals surface area contributed by atoms with E-state index in [0.717, 1.165) is 19.3 Å². The lowest BCUT2D eigenvalue weighted by atomic mass is 9.95. The first-order valence-electron chi connectivity index (χ1n) is 6.71. The summed E-state index contributed by atoms with van der Waals surface area (Å²) in [6, 6.07) is 2.45. The second-order valence-corrected chi connectivity index (χ2v) is 7.79. The lowest BCUT2D eigenvalue weighted by molar-refractivity contribution is 0.266. The molecule has 0 amide bonds. The number of rotatable bonds is 4. The van der Waals surface area contributed by atoms with Crippen molar-refractivity contribution in [3.8, 4) is 0 Å². The maximum Gasteiger partial charge on any atom is 0.244 e. The van der Waals surface area contributed by atoms with Gasteiger partial charge in [0.25, 0.3) is 0 Å². The minimum atomic E-state index is -3.80. The standard InChI is InChI=1S/C13H17Cl2FN2O2S/c14-10-1-2-11(12(15)13(10)16)21(19,20)18-7-4-9(3-6-17)5-8-18/h1-2,9H,3-8,17H2. The van der Waals surface area contributed by atoms with Crippen LogP contribution in [-0.4, -0.2) is 32.4 Å². The molecule has 8 heteroatoms. The first kappa shape index (κ1) is 17.0. The number of sulfonamides is 1. The molecule has 0 aromatic heterocycles. The van der Waals surface area contributed by atoms with Crippen LogP contribution in [-0.2, 0) is 10.0 Å². The Balaban J connectivity index is 2.22. The molecule has 0 atom stereocenters. The summed E-state index contributed by atoms with van der Waals surface area (Å²) in [5.74, 6) is -0.462. The van der Waals surface area contributed by atoms with Crippen molar-refractivity contribution in [3.63, 3.8) is 0 Å². The van der Waals surface area contributed by atoms with Gasteiger partial charge in [-0.1, -0.05) is 23.2 Å². The van der Waals surface area contributed by atoms with Gasteiger partial charge in [0.1, 0.15) is 4.90 Å². The fraction of sp³-hybridized carbons (Fsp3) is 0.538. The van der Waals surface area contributed by atoms with Crippen LogP contribution in [0.3, 0.4) is 0 Å². The van der Waals surface area contributed by atoms with Crippen molar-refractivity contribution in [3.05, 3.63) is 28.0 Å². The summed E-state index contributed by atoms with van der Waals surface area (Å²) in [5, 5.41) is -0.646. The molecular formula is C13H17Cl2FN2O2S. The number of nitrogens with two attached hydrogens (primary N) is 1. The van der Waals surface area contributed by atoms with Gasteiger partial charge in [-0.15, -0.1) is 0 Å². The van der Waals surface area contributed by atoms with E-state index in [1.54, 1.807) is 0 Å². The van der Waals surface area contributed by atoms with Crippen molar-refractivity contribution in [2.24, 2.45) is 11.7 Å². The van der Waals surface area contributed by atoms with E-state index in [0.29, 0.717) is 25.6 Å². The number of benzene rings is 1. The second kappa shape index (κ2) is 6.79. The summed E-state index contributed by atoms with van der Waals surface area (Å²) < 4.78 is 40.1. The quantitative estimate of drug-likeness (QED) is 0.845. The van der Waals surface area contributed by atoms with E-state index in [9.17, 15) is 12.8 Å². The second-order valence-electron chi connectivity index (χ2n) is 5.10. The van der Waals surface area contributed by atoms with Gasteiger partial charge in [-0.3, -0.25) is 0 Å². The first-order chi connectivity index (χ1) is 9.87. The molecule has 4 nitrogen and oxygen atoms in total. The van der Waals surface area contributed by atoms with Crippen molar-refractivity contribution in [2.75, 3.05) is 19.6 Å². The maximum absolute atomic E-state index is 13.7. The molecule has 1 aliphatic rings. The number of halogens is 3. The predicted molar refractivity (Wildman–Crippen MR) is 81.6 cm³/mol. The van der Waals surface area contributed by atoms with Crippen LogP contribution >= 0.6 is 23.2 Å². The Morgan fingerprint density at radius 3 is 2.48 bits per heavy atom. The minimum Gasteiger partial charge on any atom is -0.330 e. The van der Waals surface area contributed by atoms with Crippen molar-refractivity contribution in [1.82, 2.24) is 4.31 Å². The third kappa shape index (κ3) is 3.51. The predicted octanol–water partition coefficient (Wildman–Crippen LogP) is 2.88. The van der Waals surface area contributed by atoms with E-state index in [1.807, 2.05) is 0 Å². The molecule has 1 aromatic carbocycles. The van der Waals surface area contributed by atoms with Gasteiger partial charge in [0.2, 0.25) is 10.0 Å². The molecule has 1 saturated heterocycles. The van der Waals surface area contributed by atoms with E-state index in [2.05, 4.69) is 0 Å². The Labute approximate surface area is 134 Å². The number of piperidine rings is 1. The Bertz CT molecular complexity index is 617. The third-order valence-corrected chi connectivity index (χ3v) is 6.48. The normalized spacial score (nSPS) is 18.1. The monoisotopic (exact) mass is 354 g/mol. The molecule has 1 aromatic rings. The third-order valence-electron chi connectivity index (χ3n) is 3.77. The Morgan fingerprint density at radius 1 is 1.29 bits per heavy atom. The van der Waals surface area contributed by atoms with Crippen molar-refractivity contribution < 1.29 is 12.8 Å². The van der Waals surface area contributed by atoms with Gasteiger partial charge < -0.3 is 5.73 Å². The topological polar surface area (TPSA) is 63.4 Å². The van der Waals surface area contributed by atoms with Crippen LogP contribution in [0.5, 0.6) is 0 Å². The number of nitrogens with zero attached hydrogens (tertiary/aromatic N) is 1. The van der Waals surface area contributed by atoms with Crippen LogP contribution in [0, 0.1) is 11.7 Å². The molecule has 118 valence electrons. The van der Waals surface area contributed by atoms with Crippen LogP contribution in [0.1, 0.15) is 19.3 Å². The van der Waals surface area contributed by atoms with Gasteiger partial charge in [0.05, 0.1) is 10.0 Å². The summed E-state index contributed by atoms with van der Waals surface area (Å²) in [7, 11) is -3.80. The molecule has 0 unspecified atom stereocenters. The molecule has 1 heterocycles. The molecule has 0 aliphatic carbocycles. The van der Waals surface area contributed by atoms with Crippen LogP contribution in [0.25, 0.3) is 0 Å². The lowest BCUT2D eigenvalue weighted by Gasteiger charge is -2.31. The summed E-state index contributed by atoms with van der Waals surface area (Å²) in [4.78, 5) is -0.233. The Kier molecular flexibility index (Phi) is 5.48. The van der Waals surface area contributed by atoms with E-state index >= 15 is 0 Å². The lowest BCUT2D eigenvalue weighted by Crippen LogP contribution is -2.39. The SMILES string of the molecule is NCCC1CCN(S(=O)(=O)c2ccc(Cl)c(F)c2Cl)CC1. The summed E-state index contributed by atoms with van der Waals surface area (Å²) in [6.45, 7) is 1.40. The molecule has 0 radical (unpaired) electrons. The van der Waals surface area contributed by atoms with E-state index < -0.39 is 20.9 Å². The Morgan fingerprint density at radius 2 is 1.90 bits per heavy atom. The van der Waals surface area contributed by atoms with E-state index in [1.165, 1.54) is 16.4 Å². The molecule has 2 rings (SSSR count). The average Bonchev–Trinajstić information content (AvgIpc) is 2.45. The zero-order valence-electron chi connectivity index (χ0n) is 11.4. The maximum atomic E-state index is 13.7. The van der Waals surface area contributed by atoms with E-state index in [4.69, 9.17) is 28.9 Å². The molecule has 0 bridgehead atoms. The zero-order chi connectivity index (χ0) is 15.6. The van der Waals surface area contributed by atoms with Gasteiger partial charge in [-0.25, -0.2) is 12.8 Å². The van der Waals surface area contributed by atoms with E-state index in [-0.39, 0.29) is 9.92 Å². The smallest absolute Gasteiger partial charge is 0.244 e. The first-order valence-corrected chi connectivity index (χ1v) is 8.91. The van der Waals surface area contributed by atoms with Gasteiger partial charge >= 0.3 is 0 Å². The molecule has 0 saturated carbocycles. The van der Waals surface area contributed by atoms with Crippen molar-refractivity contribution in [2.45, 2.75) is 24.2 Å². The van der Waals surface area contributed by atoms with Crippen LogP contribution < -0.4 is 5.73 Å². The van der Waals surface area contributed by atoms with Gasteiger partial charge in [-0.05, 0) is 43.9 Å². The minimum absolute atomic E-state index is 0.194. The molecule has 1 aliphatic heterocycles. The summed E-state index contributed by atoms with van der Waals surface area (Å²) >= 11 is 11.4. The zero-order valence-corrected chi connectivity index (χ0v) is 13.7. The van der Waals surface area contributed by atoms with Gasteiger partial charge in [-0.2, -0.15) is 4.31 Å².